The minimum Gasteiger partial charge on any atom is -0.462 e. The smallest absolute Gasteiger partial charge is 0.306 e. The lowest BCUT2D eigenvalue weighted by atomic mass is 10.1. The van der Waals surface area contributed by atoms with Crippen molar-refractivity contribution in [1.82, 2.24) is 0 Å². The van der Waals surface area contributed by atoms with Crippen molar-refractivity contribution in [3.8, 4) is 0 Å². The number of esters is 3. The number of ether oxygens (including phenoxy) is 3. The zero-order valence-electron chi connectivity index (χ0n) is 45.9. The third-order valence-electron chi connectivity index (χ3n) is 11.3. The highest BCUT2D eigenvalue weighted by molar-refractivity contribution is 5.71. The highest BCUT2D eigenvalue weighted by atomic mass is 16.6. The van der Waals surface area contributed by atoms with Gasteiger partial charge >= 0.3 is 17.9 Å². The SMILES string of the molecule is CC/C=C\C/C=C\C/C=C\C/C=C\C/C=C\C/C=C\CCC(=O)OCC(COC(=O)CCC/C=C\C/C=C\C/C=C\C/C=C\C/C=C\CC)OC(=O)CCCCCCC/C=C\C=C/CCCCCCCCC. The highest BCUT2D eigenvalue weighted by Crippen LogP contribution is 2.12. The lowest BCUT2D eigenvalue weighted by Crippen LogP contribution is -2.30. The van der Waals surface area contributed by atoms with Crippen LogP contribution in [0.3, 0.4) is 0 Å². The van der Waals surface area contributed by atoms with Gasteiger partial charge in [0.1, 0.15) is 13.2 Å². The summed E-state index contributed by atoms with van der Waals surface area (Å²) in [5, 5.41) is 0. The van der Waals surface area contributed by atoms with Gasteiger partial charge < -0.3 is 14.2 Å². The minimum absolute atomic E-state index is 0.144. The summed E-state index contributed by atoms with van der Waals surface area (Å²) in [7, 11) is 0. The molecular weight excluding hydrogens is 889 g/mol. The van der Waals surface area contributed by atoms with Crippen LogP contribution in [0, 0.1) is 0 Å². The van der Waals surface area contributed by atoms with Crippen LogP contribution in [0.2, 0.25) is 0 Å². The Morgan fingerprint density at radius 1 is 0.306 bits per heavy atom. The summed E-state index contributed by atoms with van der Waals surface area (Å²) >= 11 is 0. The fraction of sp³-hybridized carbons (Fsp3) is 0.561. The van der Waals surface area contributed by atoms with Crippen LogP contribution in [-0.4, -0.2) is 37.2 Å². The maximum Gasteiger partial charge on any atom is 0.306 e. The molecule has 0 fully saturated rings. The molecule has 6 heteroatoms. The van der Waals surface area contributed by atoms with Gasteiger partial charge in [0.2, 0.25) is 0 Å². The van der Waals surface area contributed by atoms with Crippen molar-refractivity contribution >= 4 is 17.9 Å². The average molecular weight is 992 g/mol. The molecule has 0 aromatic carbocycles. The van der Waals surface area contributed by atoms with Crippen molar-refractivity contribution in [2.75, 3.05) is 13.2 Å². The minimum atomic E-state index is -0.848. The Bertz CT molecular complexity index is 1660. The van der Waals surface area contributed by atoms with E-state index in [-0.39, 0.29) is 50.4 Å². The van der Waals surface area contributed by atoms with Crippen LogP contribution in [0.15, 0.2) is 158 Å². The zero-order valence-corrected chi connectivity index (χ0v) is 45.9. The molecule has 0 heterocycles. The van der Waals surface area contributed by atoms with Crippen molar-refractivity contribution in [2.24, 2.45) is 0 Å². The maximum absolute atomic E-state index is 12.9. The van der Waals surface area contributed by atoms with Crippen LogP contribution >= 0.6 is 0 Å². The summed E-state index contributed by atoms with van der Waals surface area (Å²) in [6.45, 7) is 6.26. The first-order valence-electron chi connectivity index (χ1n) is 28.5. The first kappa shape index (κ1) is 67.0. The first-order valence-corrected chi connectivity index (χ1v) is 28.5. The zero-order chi connectivity index (χ0) is 52.2. The second kappa shape index (κ2) is 58.6. The van der Waals surface area contributed by atoms with E-state index in [0.29, 0.717) is 12.8 Å². The van der Waals surface area contributed by atoms with Crippen LogP contribution in [0.25, 0.3) is 0 Å². The fourth-order valence-corrected chi connectivity index (χ4v) is 7.08. The molecule has 0 aromatic heterocycles. The average Bonchev–Trinajstić information content (AvgIpc) is 3.38. The molecule has 6 nitrogen and oxygen atoms in total. The Morgan fingerprint density at radius 2 is 0.625 bits per heavy atom. The second-order valence-corrected chi connectivity index (χ2v) is 18.1. The van der Waals surface area contributed by atoms with Crippen molar-refractivity contribution < 1.29 is 28.6 Å². The molecule has 0 saturated heterocycles. The number of hydrogen-bond donors (Lipinski definition) is 0. The molecule has 0 N–H and O–H groups in total. The van der Waals surface area contributed by atoms with Crippen molar-refractivity contribution in [3.63, 3.8) is 0 Å². The molecule has 0 aliphatic carbocycles. The predicted octanol–water partition coefficient (Wildman–Crippen LogP) is 19.4. The van der Waals surface area contributed by atoms with Gasteiger partial charge in [-0.25, -0.2) is 0 Å². The van der Waals surface area contributed by atoms with Gasteiger partial charge in [-0.1, -0.05) is 237 Å². The largest absolute Gasteiger partial charge is 0.462 e. The van der Waals surface area contributed by atoms with Gasteiger partial charge in [-0.2, -0.15) is 0 Å². The number of unbranched alkanes of at least 4 members (excludes halogenated alkanes) is 13. The van der Waals surface area contributed by atoms with E-state index in [1.165, 1.54) is 44.9 Å². The van der Waals surface area contributed by atoms with Crippen LogP contribution in [0.1, 0.15) is 220 Å². The van der Waals surface area contributed by atoms with Crippen molar-refractivity contribution in [3.05, 3.63) is 158 Å². The number of rotatable bonds is 49. The lowest BCUT2D eigenvalue weighted by molar-refractivity contribution is -0.166. The maximum atomic E-state index is 12.9. The van der Waals surface area contributed by atoms with Crippen molar-refractivity contribution in [1.29, 1.82) is 0 Å². The molecular formula is C66H102O6. The van der Waals surface area contributed by atoms with E-state index in [2.05, 4.69) is 167 Å². The van der Waals surface area contributed by atoms with E-state index in [1.807, 2.05) is 12.2 Å². The molecule has 0 aliphatic rings. The Labute approximate surface area is 441 Å². The summed E-state index contributed by atoms with van der Waals surface area (Å²) in [5.74, 6) is -1.11. The lowest BCUT2D eigenvalue weighted by Gasteiger charge is -2.18. The molecule has 402 valence electrons. The molecule has 0 aliphatic heterocycles. The van der Waals surface area contributed by atoms with Crippen LogP contribution in [-0.2, 0) is 28.6 Å². The second-order valence-electron chi connectivity index (χ2n) is 18.1. The van der Waals surface area contributed by atoms with Gasteiger partial charge in [0.05, 0.1) is 0 Å². The molecule has 0 amide bonds. The third-order valence-corrected chi connectivity index (χ3v) is 11.3. The Balaban J connectivity index is 4.65. The molecule has 0 radical (unpaired) electrons. The topological polar surface area (TPSA) is 78.9 Å². The third kappa shape index (κ3) is 56.0. The molecule has 0 bridgehead atoms. The summed E-state index contributed by atoms with van der Waals surface area (Å²) in [6, 6.07) is 0. The van der Waals surface area contributed by atoms with Gasteiger partial charge in [-0.3, -0.25) is 14.4 Å². The summed E-state index contributed by atoms with van der Waals surface area (Å²) in [4.78, 5) is 38.1. The predicted molar refractivity (Wildman–Crippen MR) is 311 cm³/mol. The quantitative estimate of drug-likeness (QED) is 0.0199. The van der Waals surface area contributed by atoms with E-state index >= 15 is 0 Å². The van der Waals surface area contributed by atoms with Gasteiger partial charge in [-0.05, 0) is 122 Å². The summed E-state index contributed by atoms with van der Waals surface area (Å²) in [5.41, 5.74) is 0. The Kier molecular flexibility index (Phi) is 54.6. The van der Waals surface area contributed by atoms with E-state index in [9.17, 15) is 14.4 Å². The van der Waals surface area contributed by atoms with Gasteiger partial charge in [0, 0.05) is 19.3 Å². The molecule has 1 atom stereocenters. The van der Waals surface area contributed by atoms with Crippen LogP contribution in [0.5, 0.6) is 0 Å². The molecule has 0 rings (SSSR count). The normalized spacial score (nSPS) is 13.3. The van der Waals surface area contributed by atoms with E-state index in [0.717, 1.165) is 122 Å². The molecule has 0 saturated carbocycles. The summed E-state index contributed by atoms with van der Waals surface area (Å²) in [6.07, 6.45) is 85.3. The van der Waals surface area contributed by atoms with Crippen LogP contribution < -0.4 is 0 Å². The monoisotopic (exact) mass is 991 g/mol. The van der Waals surface area contributed by atoms with Gasteiger partial charge in [0.25, 0.3) is 0 Å². The number of allylic oxidation sites excluding steroid dienone is 26. The van der Waals surface area contributed by atoms with Crippen molar-refractivity contribution in [2.45, 2.75) is 226 Å². The number of carbonyl (C=O) groups is 3. The summed E-state index contributed by atoms with van der Waals surface area (Å²) < 4.78 is 16.7. The molecule has 72 heavy (non-hydrogen) atoms. The Morgan fingerprint density at radius 3 is 1.04 bits per heavy atom. The van der Waals surface area contributed by atoms with Gasteiger partial charge in [0.15, 0.2) is 6.10 Å². The molecule has 0 aromatic rings. The highest BCUT2D eigenvalue weighted by Gasteiger charge is 2.19. The van der Waals surface area contributed by atoms with Crippen LogP contribution in [0.4, 0.5) is 0 Å². The Hall–Kier alpha value is -4.97. The van der Waals surface area contributed by atoms with Gasteiger partial charge in [-0.15, -0.1) is 0 Å². The first-order chi connectivity index (χ1) is 35.5. The standard InChI is InChI=1S/C66H102O6/c1-4-7-10-13-16-19-22-25-28-31-33-36-38-41-44-47-50-53-56-59-65(68)71-62-63(61-70-64(67)58-55-52-49-46-43-40-37-34-30-27-24-21-18-15-12-9-6-3)72-66(69)60-57-54-51-48-45-42-39-35-32-29-26-23-20-17-14-11-8-5-2/h7,9-10,12,16,18-19,21,25,27-30,32-33,35-37,39-41,44,46,49-50,53,63H,4-6,8,11,13-15,17,20,22-24,26,31,34,38,42-43,45,47-48,51-52,54-62H2,1-3H3/b10-7-,12-9-,19-16-,21-18-,28-25-,30-27-,32-29-,36-33-,39-35-,40-37-,44-41-,49-46-,53-50-. The number of hydrogen-bond acceptors (Lipinski definition) is 6. The van der Waals surface area contributed by atoms with E-state index in [1.54, 1.807) is 0 Å². The van der Waals surface area contributed by atoms with E-state index in [4.69, 9.17) is 14.2 Å². The number of carbonyl (C=O) groups excluding carboxylic acids is 3. The fourth-order valence-electron chi connectivity index (χ4n) is 7.08. The van der Waals surface area contributed by atoms with E-state index < -0.39 is 6.10 Å². The molecule has 0 spiro atoms. The molecule has 1 unspecified atom stereocenters.